The minimum Gasteiger partial charge on any atom is -0.476 e. The number of nitrogens with zero attached hydrogens (tertiary/aromatic N) is 3. The highest BCUT2D eigenvalue weighted by Gasteiger charge is 2.18. The summed E-state index contributed by atoms with van der Waals surface area (Å²) < 4.78 is 11.2. The Labute approximate surface area is 119 Å². The molecule has 0 aromatic carbocycles. The van der Waals surface area contributed by atoms with Crippen molar-refractivity contribution < 1.29 is 9.47 Å². The van der Waals surface area contributed by atoms with Gasteiger partial charge in [0.1, 0.15) is 12.0 Å². The lowest BCUT2D eigenvalue weighted by Crippen LogP contribution is -2.43. The van der Waals surface area contributed by atoms with Crippen LogP contribution < -0.4 is 15.8 Å². The summed E-state index contributed by atoms with van der Waals surface area (Å²) in [6, 6.07) is 0. The minimum atomic E-state index is 0.142. The van der Waals surface area contributed by atoms with Crippen molar-refractivity contribution in [3.63, 3.8) is 0 Å². The minimum absolute atomic E-state index is 0.142. The number of morpholine rings is 1. The van der Waals surface area contributed by atoms with Gasteiger partial charge >= 0.3 is 0 Å². The molecule has 1 atom stereocenters. The van der Waals surface area contributed by atoms with Gasteiger partial charge < -0.3 is 25.4 Å². The Hall–Kier alpha value is -1.60. The Balaban J connectivity index is 1.91. The third-order valence-electron chi connectivity index (χ3n) is 3.13. The molecule has 0 radical (unpaired) electrons. The average Bonchev–Trinajstić information content (AvgIpc) is 2.45. The van der Waals surface area contributed by atoms with E-state index in [-0.39, 0.29) is 6.10 Å². The molecule has 1 aromatic heterocycles. The molecule has 1 aliphatic rings. The molecule has 0 bridgehead atoms. The molecular weight excluding hydrogens is 258 g/mol. The standard InChI is InChI=1S/C13H23N5O2/c1-3-5-20-13-11(14)12(16-9-17-13)15-7-10-8-18(2)4-6-19-10/h9-10H,3-8,14H2,1-2H3,(H,15,16,17). The zero-order valence-corrected chi connectivity index (χ0v) is 12.1. The zero-order valence-electron chi connectivity index (χ0n) is 12.1. The number of nitrogen functional groups attached to an aromatic ring is 1. The topological polar surface area (TPSA) is 85.5 Å². The van der Waals surface area contributed by atoms with E-state index in [4.69, 9.17) is 15.2 Å². The van der Waals surface area contributed by atoms with Crippen LogP contribution in [-0.4, -0.2) is 60.9 Å². The predicted octanol–water partition coefficient (Wildman–Crippen LogP) is 0.590. The van der Waals surface area contributed by atoms with Gasteiger partial charge in [-0.15, -0.1) is 0 Å². The fourth-order valence-electron chi connectivity index (χ4n) is 2.03. The van der Waals surface area contributed by atoms with Crippen molar-refractivity contribution in [1.82, 2.24) is 14.9 Å². The van der Waals surface area contributed by atoms with E-state index in [9.17, 15) is 0 Å². The maximum Gasteiger partial charge on any atom is 0.242 e. The number of likely N-dealkylation sites (N-methyl/N-ethyl adjacent to an activating group) is 1. The van der Waals surface area contributed by atoms with E-state index >= 15 is 0 Å². The average molecular weight is 281 g/mol. The molecule has 1 unspecified atom stereocenters. The van der Waals surface area contributed by atoms with Gasteiger partial charge in [0.05, 0.1) is 19.3 Å². The summed E-state index contributed by atoms with van der Waals surface area (Å²) in [5.41, 5.74) is 6.45. The van der Waals surface area contributed by atoms with E-state index in [1.807, 2.05) is 6.92 Å². The summed E-state index contributed by atoms with van der Waals surface area (Å²) in [5, 5.41) is 3.21. The van der Waals surface area contributed by atoms with Crippen LogP contribution in [0.3, 0.4) is 0 Å². The van der Waals surface area contributed by atoms with Crippen LogP contribution in [0.15, 0.2) is 6.33 Å². The first-order valence-electron chi connectivity index (χ1n) is 6.98. The van der Waals surface area contributed by atoms with Crippen LogP contribution in [0.4, 0.5) is 11.5 Å². The molecule has 1 saturated heterocycles. The van der Waals surface area contributed by atoms with Crippen LogP contribution in [0.1, 0.15) is 13.3 Å². The van der Waals surface area contributed by atoms with Crippen molar-refractivity contribution in [2.45, 2.75) is 19.4 Å². The Morgan fingerprint density at radius 3 is 3.15 bits per heavy atom. The van der Waals surface area contributed by atoms with Crippen LogP contribution >= 0.6 is 0 Å². The van der Waals surface area contributed by atoms with Gasteiger partial charge in [0.25, 0.3) is 0 Å². The second kappa shape index (κ2) is 7.25. The van der Waals surface area contributed by atoms with E-state index in [1.54, 1.807) is 0 Å². The molecule has 7 nitrogen and oxygen atoms in total. The van der Waals surface area contributed by atoms with Crippen LogP contribution in [0.2, 0.25) is 0 Å². The summed E-state index contributed by atoms with van der Waals surface area (Å²) in [5.74, 6) is 1.04. The van der Waals surface area contributed by atoms with Crippen molar-refractivity contribution in [2.24, 2.45) is 0 Å². The summed E-state index contributed by atoms with van der Waals surface area (Å²) in [4.78, 5) is 10.4. The van der Waals surface area contributed by atoms with Gasteiger partial charge in [-0.05, 0) is 13.5 Å². The summed E-state index contributed by atoms with van der Waals surface area (Å²) in [6.45, 7) is 5.93. The van der Waals surface area contributed by atoms with Gasteiger partial charge in [-0.3, -0.25) is 0 Å². The van der Waals surface area contributed by atoms with Gasteiger partial charge in [-0.2, -0.15) is 4.98 Å². The molecule has 7 heteroatoms. The molecule has 1 aliphatic heterocycles. The smallest absolute Gasteiger partial charge is 0.242 e. The van der Waals surface area contributed by atoms with Crippen molar-refractivity contribution in [1.29, 1.82) is 0 Å². The van der Waals surface area contributed by atoms with Crippen molar-refractivity contribution in [3.8, 4) is 5.88 Å². The number of aromatic nitrogens is 2. The Kier molecular flexibility index (Phi) is 5.37. The van der Waals surface area contributed by atoms with Crippen molar-refractivity contribution >= 4 is 11.5 Å². The predicted molar refractivity (Wildman–Crippen MR) is 78.0 cm³/mol. The molecule has 0 saturated carbocycles. The Bertz CT molecular complexity index is 429. The van der Waals surface area contributed by atoms with E-state index in [0.717, 1.165) is 26.1 Å². The second-order valence-corrected chi connectivity index (χ2v) is 4.93. The quantitative estimate of drug-likeness (QED) is 0.789. The molecule has 1 fully saturated rings. The van der Waals surface area contributed by atoms with Crippen LogP contribution in [0.25, 0.3) is 0 Å². The van der Waals surface area contributed by atoms with Crippen molar-refractivity contribution in [2.75, 3.05) is 50.9 Å². The molecule has 112 valence electrons. The highest BCUT2D eigenvalue weighted by atomic mass is 16.5. The van der Waals surface area contributed by atoms with Gasteiger partial charge in [0.15, 0.2) is 5.82 Å². The molecule has 1 aromatic rings. The monoisotopic (exact) mass is 281 g/mol. The SMILES string of the molecule is CCCOc1ncnc(NCC2CN(C)CCO2)c1N. The first-order valence-corrected chi connectivity index (χ1v) is 6.98. The van der Waals surface area contributed by atoms with E-state index in [2.05, 4.69) is 27.2 Å². The molecule has 20 heavy (non-hydrogen) atoms. The van der Waals surface area contributed by atoms with Crippen LogP contribution in [-0.2, 0) is 4.74 Å². The largest absolute Gasteiger partial charge is 0.476 e. The number of nitrogens with two attached hydrogens (primary N) is 1. The lowest BCUT2D eigenvalue weighted by Gasteiger charge is -2.30. The first-order chi connectivity index (χ1) is 9.70. The van der Waals surface area contributed by atoms with Crippen LogP contribution in [0, 0.1) is 0 Å². The highest BCUT2D eigenvalue weighted by molar-refractivity contribution is 5.66. The Morgan fingerprint density at radius 1 is 1.55 bits per heavy atom. The molecule has 3 N–H and O–H groups in total. The number of hydrogen-bond acceptors (Lipinski definition) is 7. The molecular formula is C13H23N5O2. The van der Waals surface area contributed by atoms with Gasteiger partial charge in [0, 0.05) is 19.6 Å². The lowest BCUT2D eigenvalue weighted by molar-refractivity contribution is -0.0117. The number of ether oxygens (including phenoxy) is 2. The first kappa shape index (κ1) is 14.8. The zero-order chi connectivity index (χ0) is 14.4. The van der Waals surface area contributed by atoms with E-state index in [0.29, 0.717) is 30.5 Å². The molecule has 0 aliphatic carbocycles. The number of hydrogen-bond donors (Lipinski definition) is 2. The third kappa shape index (κ3) is 3.94. The number of anilines is 2. The number of nitrogens with one attached hydrogen (secondary N) is 1. The third-order valence-corrected chi connectivity index (χ3v) is 3.13. The maximum absolute atomic E-state index is 6.00. The fraction of sp³-hybridized carbons (Fsp3) is 0.692. The molecule has 2 rings (SSSR count). The lowest BCUT2D eigenvalue weighted by atomic mass is 10.3. The second-order valence-electron chi connectivity index (χ2n) is 4.93. The van der Waals surface area contributed by atoms with Gasteiger partial charge in [-0.1, -0.05) is 6.92 Å². The molecule has 0 spiro atoms. The summed E-state index contributed by atoms with van der Waals surface area (Å²) in [6.07, 6.45) is 2.51. The van der Waals surface area contributed by atoms with E-state index in [1.165, 1.54) is 6.33 Å². The van der Waals surface area contributed by atoms with Gasteiger partial charge in [-0.25, -0.2) is 4.98 Å². The summed E-state index contributed by atoms with van der Waals surface area (Å²) >= 11 is 0. The number of rotatable bonds is 6. The fourth-order valence-corrected chi connectivity index (χ4v) is 2.03. The maximum atomic E-state index is 6.00. The van der Waals surface area contributed by atoms with Crippen molar-refractivity contribution in [3.05, 3.63) is 6.33 Å². The molecule has 2 heterocycles. The summed E-state index contributed by atoms with van der Waals surface area (Å²) in [7, 11) is 2.09. The highest BCUT2D eigenvalue weighted by Crippen LogP contribution is 2.24. The molecule has 0 amide bonds. The Morgan fingerprint density at radius 2 is 2.40 bits per heavy atom. The van der Waals surface area contributed by atoms with Gasteiger partial charge in [0.2, 0.25) is 5.88 Å². The normalized spacial score (nSPS) is 19.8. The van der Waals surface area contributed by atoms with E-state index < -0.39 is 0 Å². The van der Waals surface area contributed by atoms with Crippen LogP contribution in [0.5, 0.6) is 5.88 Å².